The van der Waals surface area contributed by atoms with Crippen LogP contribution in [0.15, 0.2) is 243 Å². The number of benzene rings is 10. The molecule has 20 nitrogen and oxygen atoms in total. The molecule has 0 spiro atoms. The summed E-state index contributed by atoms with van der Waals surface area (Å²) in [7, 11) is 0. The monoisotopic (exact) mass is 1360 g/mol. The van der Waals surface area contributed by atoms with Crippen molar-refractivity contribution >= 4 is 93.1 Å². The lowest BCUT2D eigenvalue weighted by Crippen LogP contribution is -2.31. The zero-order chi connectivity index (χ0) is 71.4. The van der Waals surface area contributed by atoms with Gasteiger partial charge in [0.25, 0.3) is 0 Å². The van der Waals surface area contributed by atoms with Gasteiger partial charge in [-0.1, -0.05) is 193 Å². The first kappa shape index (κ1) is 72.5. The molecule has 0 saturated heterocycles. The van der Waals surface area contributed by atoms with Gasteiger partial charge in [-0.05, 0) is 159 Å². The van der Waals surface area contributed by atoms with Crippen molar-refractivity contribution in [3.63, 3.8) is 0 Å². The number of hydrogen-bond donors (Lipinski definition) is 12. The SMILES string of the molecule is Cc1ccc(NC(=O)Nc2ccccc2CN(Cc2ccccc2NC(=O)NCCCCCCNC(=O)Nc2ccccc2CN(Cc2ccccc2NC(=O)Nc2ccc(C)cc2)Cc2ccccc2NC(=O)Nc2ccc(C)cc2)Cc2ccccc2NC(=O)Nc2ccc(C)cc2)cc1. The van der Waals surface area contributed by atoms with E-state index < -0.39 is 0 Å². The third-order valence-corrected chi connectivity index (χ3v) is 16.9. The number of amides is 12. The number of rotatable bonds is 29. The minimum Gasteiger partial charge on any atom is -0.338 e. The summed E-state index contributed by atoms with van der Waals surface area (Å²) >= 11 is 0. The van der Waals surface area contributed by atoms with Gasteiger partial charge >= 0.3 is 36.2 Å². The fraction of sp³-hybridized carbons (Fsp3) is 0.195. The Bertz CT molecular complexity index is 3960. The molecule has 10 aromatic carbocycles. The van der Waals surface area contributed by atoms with Crippen molar-refractivity contribution in [2.24, 2.45) is 0 Å². The molecule has 0 aromatic heterocycles. The number of unbranched alkanes of at least 4 members (excludes halogenated alkanes) is 3. The molecule has 0 aliphatic carbocycles. The third kappa shape index (κ3) is 23.2. The van der Waals surface area contributed by atoms with Crippen LogP contribution >= 0.6 is 0 Å². The molecule has 522 valence electrons. The molecule has 0 saturated carbocycles. The lowest BCUT2D eigenvalue weighted by molar-refractivity contribution is 0.247. The normalized spacial score (nSPS) is 10.8. The van der Waals surface area contributed by atoms with Gasteiger partial charge in [-0.2, -0.15) is 0 Å². The summed E-state index contributed by atoms with van der Waals surface area (Å²) in [5, 5.41) is 36.1. The minimum atomic E-state index is -0.383. The average molecular weight is 1370 g/mol. The van der Waals surface area contributed by atoms with Gasteiger partial charge in [0.15, 0.2) is 0 Å². The first-order valence-electron chi connectivity index (χ1n) is 34.2. The highest BCUT2D eigenvalue weighted by molar-refractivity contribution is 6.02. The van der Waals surface area contributed by atoms with Crippen molar-refractivity contribution in [3.8, 4) is 0 Å². The van der Waals surface area contributed by atoms with Crippen LogP contribution in [0.1, 0.15) is 81.3 Å². The highest BCUT2D eigenvalue weighted by atomic mass is 16.2. The Hall–Kier alpha value is -12.3. The number of urea groups is 6. The maximum atomic E-state index is 13.6. The van der Waals surface area contributed by atoms with Crippen LogP contribution in [-0.2, 0) is 39.3 Å². The van der Waals surface area contributed by atoms with E-state index in [-0.39, 0.29) is 36.2 Å². The van der Waals surface area contributed by atoms with Crippen LogP contribution in [0.25, 0.3) is 0 Å². The molecule has 0 aliphatic rings. The highest BCUT2D eigenvalue weighted by Gasteiger charge is 2.21. The van der Waals surface area contributed by atoms with Crippen molar-refractivity contribution in [2.75, 3.05) is 66.3 Å². The standard InChI is InChI=1S/C82H88N14O6/c1-57-33-41-67(42-34-57)85-79(99)91-73-29-15-9-23-63(73)53-95(54-64-24-10-16-30-74(64)92-80(100)86-68-43-35-58(2)36-44-68)51-61-21-7-13-27-71(61)89-77(97)83-49-19-5-6-20-50-84-78(98)90-72-28-14-8-22-62(72)52-96(55-65-25-11-17-31-75(65)93-81(101)87-69-45-37-59(3)38-46-69)56-66-26-12-18-32-76(66)94-82(102)88-70-47-39-60(4)40-48-70/h7-18,21-48H,5-6,19-20,49-56H2,1-4H3,(H2,83,89,97)(H2,84,90,98)(H2,85,91,99)(H2,86,92,100)(H2,87,93,101)(H2,88,94,102). The molecule has 102 heavy (non-hydrogen) atoms. The first-order valence-corrected chi connectivity index (χ1v) is 34.2. The second kappa shape index (κ2) is 37.1. The molecule has 0 radical (unpaired) electrons. The average Bonchev–Trinajstić information content (AvgIpc) is 0.839. The predicted octanol–water partition coefficient (Wildman–Crippen LogP) is 18.4. The molecular formula is C82H88N14O6. The summed E-state index contributed by atoms with van der Waals surface area (Å²) < 4.78 is 0. The Morgan fingerprint density at radius 1 is 0.225 bits per heavy atom. The van der Waals surface area contributed by atoms with Gasteiger partial charge in [-0.25, -0.2) is 28.8 Å². The van der Waals surface area contributed by atoms with Crippen LogP contribution < -0.4 is 63.8 Å². The summed E-state index contributed by atoms with van der Waals surface area (Å²) in [4.78, 5) is 85.3. The Morgan fingerprint density at radius 3 is 0.618 bits per heavy atom. The molecule has 0 atom stereocenters. The number of aryl methyl sites for hydroxylation is 4. The lowest BCUT2D eigenvalue weighted by atomic mass is 10.1. The van der Waals surface area contributed by atoms with Gasteiger partial charge in [0.05, 0.1) is 0 Å². The van der Waals surface area contributed by atoms with Crippen LogP contribution in [-0.4, -0.2) is 59.1 Å². The summed E-state index contributed by atoms with van der Waals surface area (Å²) in [5.74, 6) is 0. The van der Waals surface area contributed by atoms with E-state index in [1.807, 2.05) is 270 Å². The minimum absolute atomic E-state index is 0.347. The topological polar surface area (TPSA) is 253 Å². The van der Waals surface area contributed by atoms with Gasteiger partial charge in [0.1, 0.15) is 0 Å². The predicted molar refractivity (Wildman–Crippen MR) is 412 cm³/mol. The molecule has 0 bridgehead atoms. The van der Waals surface area contributed by atoms with E-state index in [0.29, 0.717) is 122 Å². The molecule has 12 amide bonds. The number of para-hydroxylation sites is 6. The number of anilines is 10. The third-order valence-electron chi connectivity index (χ3n) is 16.9. The van der Waals surface area contributed by atoms with Gasteiger partial charge in [0.2, 0.25) is 0 Å². The zero-order valence-electron chi connectivity index (χ0n) is 57.9. The van der Waals surface area contributed by atoms with E-state index in [0.717, 1.165) is 68.5 Å². The Morgan fingerprint density at radius 2 is 0.412 bits per heavy atom. The van der Waals surface area contributed by atoms with Gasteiger partial charge < -0.3 is 63.8 Å². The van der Waals surface area contributed by atoms with Crippen molar-refractivity contribution in [2.45, 2.75) is 92.6 Å². The molecule has 0 unspecified atom stereocenters. The Balaban J connectivity index is 0.728. The second-order valence-corrected chi connectivity index (χ2v) is 25.2. The molecule has 0 fully saturated rings. The first-order chi connectivity index (χ1) is 49.6. The molecule has 10 aromatic rings. The van der Waals surface area contributed by atoms with Crippen LogP contribution in [0.4, 0.5) is 85.6 Å². The van der Waals surface area contributed by atoms with Gasteiger partial charge in [-0.3, -0.25) is 9.80 Å². The lowest BCUT2D eigenvalue weighted by Gasteiger charge is -2.26. The molecule has 12 N–H and O–H groups in total. The zero-order valence-corrected chi connectivity index (χ0v) is 57.9. The Labute approximate surface area is 596 Å². The maximum absolute atomic E-state index is 13.6. The van der Waals surface area contributed by atoms with E-state index >= 15 is 0 Å². The largest absolute Gasteiger partial charge is 0.338 e. The number of carbonyl (C=O) groups excluding carboxylic acids is 6. The van der Waals surface area contributed by atoms with Crippen molar-refractivity contribution in [1.29, 1.82) is 0 Å². The van der Waals surface area contributed by atoms with Gasteiger partial charge in [0, 0.05) is 109 Å². The smallest absolute Gasteiger partial charge is 0.323 e. The van der Waals surface area contributed by atoms with E-state index in [1.165, 1.54) is 0 Å². The Kier molecular flexibility index (Phi) is 26.3. The van der Waals surface area contributed by atoms with Crippen LogP contribution in [0.2, 0.25) is 0 Å². The molecule has 0 heterocycles. The highest BCUT2D eigenvalue weighted by Crippen LogP contribution is 2.30. The van der Waals surface area contributed by atoms with E-state index in [4.69, 9.17) is 0 Å². The molecular weight excluding hydrogens is 1280 g/mol. The van der Waals surface area contributed by atoms with Gasteiger partial charge in [-0.15, -0.1) is 0 Å². The fourth-order valence-corrected chi connectivity index (χ4v) is 11.5. The second-order valence-electron chi connectivity index (χ2n) is 25.2. The quantitative estimate of drug-likeness (QED) is 0.0200. The summed E-state index contributed by atoms with van der Waals surface area (Å²) in [6.45, 7) is 11.1. The van der Waals surface area contributed by atoms with Crippen LogP contribution in [0, 0.1) is 27.7 Å². The summed E-state index contributed by atoms with van der Waals surface area (Å²) in [6, 6.07) is 73.9. The number of nitrogens with zero attached hydrogens (tertiary/aromatic N) is 2. The number of hydrogen-bond acceptors (Lipinski definition) is 8. The van der Waals surface area contributed by atoms with E-state index in [9.17, 15) is 28.8 Å². The maximum Gasteiger partial charge on any atom is 0.323 e. The number of carbonyl (C=O) groups is 6. The summed E-state index contributed by atoms with van der Waals surface area (Å²) in [5.41, 5.74) is 15.8. The molecule has 0 aliphatic heterocycles. The van der Waals surface area contributed by atoms with Crippen molar-refractivity contribution < 1.29 is 28.8 Å². The fourth-order valence-electron chi connectivity index (χ4n) is 11.5. The van der Waals surface area contributed by atoms with E-state index in [2.05, 4.69) is 73.6 Å². The molecule has 20 heteroatoms. The number of nitrogens with one attached hydrogen (secondary N) is 12. The summed E-state index contributed by atoms with van der Waals surface area (Å²) in [6.07, 6.45) is 3.06. The van der Waals surface area contributed by atoms with Crippen LogP contribution in [0.3, 0.4) is 0 Å². The van der Waals surface area contributed by atoms with Crippen molar-refractivity contribution in [3.05, 3.63) is 298 Å². The van der Waals surface area contributed by atoms with Crippen LogP contribution in [0.5, 0.6) is 0 Å². The molecule has 10 rings (SSSR count). The van der Waals surface area contributed by atoms with Crippen molar-refractivity contribution in [1.82, 2.24) is 20.4 Å². The van der Waals surface area contributed by atoms with E-state index in [1.54, 1.807) is 0 Å².